The van der Waals surface area contributed by atoms with E-state index < -0.39 is 12.1 Å². The van der Waals surface area contributed by atoms with Crippen LogP contribution in [0.3, 0.4) is 0 Å². The van der Waals surface area contributed by atoms with Crippen LogP contribution in [0.15, 0.2) is 73.1 Å². The number of phenols is 1. The van der Waals surface area contributed by atoms with Gasteiger partial charge in [-0.25, -0.2) is 4.79 Å². The van der Waals surface area contributed by atoms with Crippen LogP contribution in [-0.2, 0) is 11.3 Å². The van der Waals surface area contributed by atoms with E-state index in [0.29, 0.717) is 29.2 Å². The van der Waals surface area contributed by atoms with Crippen LogP contribution < -0.4 is 10.6 Å². The molecule has 180 valence electrons. The quantitative estimate of drug-likeness (QED) is 0.355. The Morgan fingerprint density at radius 3 is 2.66 bits per heavy atom. The van der Waals surface area contributed by atoms with Crippen molar-refractivity contribution in [2.45, 2.75) is 31.5 Å². The average molecular weight is 492 g/mol. The molecule has 3 aromatic rings. The van der Waals surface area contributed by atoms with Gasteiger partial charge in [0.1, 0.15) is 5.75 Å². The molecule has 2 aromatic carbocycles. The normalized spacial score (nSPS) is 16.1. The second kappa shape index (κ2) is 11.0. The van der Waals surface area contributed by atoms with E-state index in [-0.39, 0.29) is 36.3 Å². The number of rotatable bonds is 8. The average Bonchev–Trinajstić information content (AvgIpc) is 3.19. The van der Waals surface area contributed by atoms with Gasteiger partial charge in [-0.15, -0.1) is 0 Å². The summed E-state index contributed by atoms with van der Waals surface area (Å²) in [6.07, 6.45) is 3.57. The maximum atomic E-state index is 12.9. The van der Waals surface area contributed by atoms with Crippen molar-refractivity contribution < 1.29 is 14.7 Å². The van der Waals surface area contributed by atoms with Crippen LogP contribution in [0.5, 0.6) is 5.75 Å². The first-order valence-electron chi connectivity index (χ1n) is 11.2. The summed E-state index contributed by atoms with van der Waals surface area (Å²) in [6, 6.07) is 16.1. The van der Waals surface area contributed by atoms with Crippen molar-refractivity contribution in [3.8, 4) is 5.75 Å². The summed E-state index contributed by atoms with van der Waals surface area (Å²) in [6.45, 7) is 0.834. The Labute approximate surface area is 208 Å². The van der Waals surface area contributed by atoms with Crippen LogP contribution in [-0.4, -0.2) is 45.2 Å². The van der Waals surface area contributed by atoms with E-state index in [1.807, 2.05) is 12.1 Å². The Balaban J connectivity index is 1.40. The summed E-state index contributed by atoms with van der Waals surface area (Å²) >= 11 is 5.93. The van der Waals surface area contributed by atoms with Gasteiger partial charge in [0.2, 0.25) is 5.91 Å². The largest absolute Gasteiger partial charge is 0.508 e. The molecule has 0 aliphatic carbocycles. The number of para-hydroxylation sites is 1. The topological polar surface area (TPSA) is 118 Å². The molecule has 1 saturated heterocycles. The number of benzene rings is 2. The van der Waals surface area contributed by atoms with E-state index in [1.54, 1.807) is 65.8 Å². The minimum absolute atomic E-state index is 0.0296. The SMILES string of the molecule is N=C(CC(NC(=O)NC1CC(=O)N(Cc2ccc(Cl)cc2)C1)c1ccccc1O)c1cccnc1. The molecule has 4 rings (SSSR count). The molecule has 1 aliphatic rings. The van der Waals surface area contributed by atoms with Crippen LogP contribution in [0.1, 0.15) is 35.6 Å². The lowest BCUT2D eigenvalue weighted by atomic mass is 9.97. The van der Waals surface area contributed by atoms with Gasteiger partial charge in [-0.1, -0.05) is 48.0 Å². The molecule has 0 radical (unpaired) electrons. The summed E-state index contributed by atoms with van der Waals surface area (Å²) in [5, 5.41) is 25.2. The van der Waals surface area contributed by atoms with E-state index in [4.69, 9.17) is 17.0 Å². The maximum Gasteiger partial charge on any atom is 0.315 e. The molecule has 8 nitrogen and oxygen atoms in total. The predicted molar refractivity (Wildman–Crippen MR) is 133 cm³/mol. The lowest BCUT2D eigenvalue weighted by Gasteiger charge is -2.22. The number of nitrogens with zero attached hydrogens (tertiary/aromatic N) is 2. The van der Waals surface area contributed by atoms with E-state index in [9.17, 15) is 14.7 Å². The van der Waals surface area contributed by atoms with Crippen molar-refractivity contribution in [3.05, 3.63) is 94.8 Å². The lowest BCUT2D eigenvalue weighted by molar-refractivity contribution is -0.128. The molecule has 4 N–H and O–H groups in total. The Morgan fingerprint density at radius 2 is 1.94 bits per heavy atom. The highest BCUT2D eigenvalue weighted by Crippen LogP contribution is 2.27. The van der Waals surface area contributed by atoms with Crippen LogP contribution in [0.25, 0.3) is 0 Å². The zero-order valence-corrected chi connectivity index (χ0v) is 19.7. The molecule has 0 bridgehead atoms. The number of halogens is 1. The highest BCUT2D eigenvalue weighted by Gasteiger charge is 2.31. The minimum atomic E-state index is -0.647. The number of carbonyl (C=O) groups is 2. The van der Waals surface area contributed by atoms with E-state index >= 15 is 0 Å². The van der Waals surface area contributed by atoms with Gasteiger partial charge in [0, 0.05) is 60.2 Å². The number of aromatic hydroxyl groups is 1. The fourth-order valence-corrected chi connectivity index (χ4v) is 4.23. The molecule has 2 heterocycles. The van der Waals surface area contributed by atoms with Gasteiger partial charge in [0.15, 0.2) is 0 Å². The first-order valence-corrected chi connectivity index (χ1v) is 11.6. The van der Waals surface area contributed by atoms with Crippen LogP contribution in [0, 0.1) is 5.41 Å². The molecule has 2 unspecified atom stereocenters. The summed E-state index contributed by atoms with van der Waals surface area (Å²) < 4.78 is 0. The Morgan fingerprint density at radius 1 is 1.17 bits per heavy atom. The number of carbonyl (C=O) groups excluding carboxylic acids is 2. The summed E-state index contributed by atoms with van der Waals surface area (Å²) in [5.41, 5.74) is 2.37. The van der Waals surface area contributed by atoms with Crippen molar-refractivity contribution in [3.63, 3.8) is 0 Å². The lowest BCUT2D eigenvalue weighted by Crippen LogP contribution is -2.45. The molecular weight excluding hydrogens is 466 g/mol. The highest BCUT2D eigenvalue weighted by atomic mass is 35.5. The Kier molecular flexibility index (Phi) is 7.62. The van der Waals surface area contributed by atoms with Gasteiger partial charge in [0.05, 0.1) is 12.1 Å². The Bertz CT molecular complexity index is 1200. The molecule has 2 atom stereocenters. The fraction of sp³-hybridized carbons (Fsp3) is 0.231. The van der Waals surface area contributed by atoms with Crippen LogP contribution in [0.2, 0.25) is 5.02 Å². The third-order valence-corrected chi connectivity index (χ3v) is 6.12. The number of likely N-dealkylation sites (tertiary alicyclic amines) is 1. The molecule has 35 heavy (non-hydrogen) atoms. The molecule has 3 amide bonds. The number of aromatic nitrogens is 1. The molecular formula is C26H26ClN5O3. The van der Waals surface area contributed by atoms with Gasteiger partial charge in [-0.3, -0.25) is 9.78 Å². The number of phenolic OH excluding ortho intramolecular Hbond substituents is 1. The van der Waals surface area contributed by atoms with Gasteiger partial charge in [0.25, 0.3) is 0 Å². The van der Waals surface area contributed by atoms with E-state index in [1.165, 1.54) is 0 Å². The third kappa shape index (κ3) is 6.36. The third-order valence-electron chi connectivity index (χ3n) is 5.87. The van der Waals surface area contributed by atoms with Crippen molar-refractivity contribution in [2.75, 3.05) is 6.54 Å². The van der Waals surface area contributed by atoms with Gasteiger partial charge in [-0.05, 0) is 29.8 Å². The molecule has 0 spiro atoms. The zero-order chi connectivity index (χ0) is 24.8. The maximum absolute atomic E-state index is 12.9. The predicted octanol–water partition coefficient (Wildman–Crippen LogP) is 4.04. The second-order valence-electron chi connectivity index (χ2n) is 8.46. The van der Waals surface area contributed by atoms with Crippen LogP contribution in [0.4, 0.5) is 4.79 Å². The Hall–Kier alpha value is -3.91. The van der Waals surface area contributed by atoms with Gasteiger partial charge >= 0.3 is 6.03 Å². The van der Waals surface area contributed by atoms with E-state index in [2.05, 4.69) is 15.6 Å². The zero-order valence-electron chi connectivity index (χ0n) is 18.9. The second-order valence-corrected chi connectivity index (χ2v) is 8.89. The summed E-state index contributed by atoms with van der Waals surface area (Å²) in [7, 11) is 0. The van der Waals surface area contributed by atoms with Crippen molar-refractivity contribution >= 4 is 29.3 Å². The van der Waals surface area contributed by atoms with Crippen LogP contribution >= 0.6 is 11.6 Å². The van der Waals surface area contributed by atoms with Gasteiger partial charge in [-0.2, -0.15) is 0 Å². The number of nitrogens with one attached hydrogen (secondary N) is 3. The molecule has 0 saturated carbocycles. The first-order chi connectivity index (χ1) is 16.9. The van der Waals surface area contributed by atoms with Crippen molar-refractivity contribution in [1.82, 2.24) is 20.5 Å². The van der Waals surface area contributed by atoms with Gasteiger partial charge < -0.3 is 26.0 Å². The number of hydrogen-bond donors (Lipinski definition) is 4. The number of urea groups is 1. The fourth-order valence-electron chi connectivity index (χ4n) is 4.10. The molecule has 9 heteroatoms. The monoisotopic (exact) mass is 491 g/mol. The number of pyridine rings is 1. The van der Waals surface area contributed by atoms with E-state index in [0.717, 1.165) is 5.56 Å². The molecule has 1 aromatic heterocycles. The number of hydrogen-bond acceptors (Lipinski definition) is 5. The summed E-state index contributed by atoms with van der Waals surface area (Å²) in [4.78, 5) is 31.1. The highest BCUT2D eigenvalue weighted by molar-refractivity contribution is 6.30. The van der Waals surface area contributed by atoms with Crippen molar-refractivity contribution in [1.29, 1.82) is 5.41 Å². The standard InChI is InChI=1S/C26H26ClN5O3/c27-19-9-7-17(8-10-19)15-32-16-20(12-25(32)34)30-26(35)31-23(21-5-1-2-6-24(21)33)13-22(28)18-4-3-11-29-14-18/h1-11,14,20,23,28,33H,12-13,15-16H2,(H2,30,31,35). The smallest absolute Gasteiger partial charge is 0.315 e. The molecule has 1 aliphatic heterocycles. The number of amides is 3. The van der Waals surface area contributed by atoms with Crippen molar-refractivity contribution in [2.24, 2.45) is 0 Å². The molecule has 1 fully saturated rings. The summed E-state index contributed by atoms with van der Waals surface area (Å²) in [5.74, 6) is -0.0113. The first kappa shape index (κ1) is 24.2. The minimum Gasteiger partial charge on any atom is -0.508 e.